The van der Waals surface area contributed by atoms with Crippen molar-refractivity contribution < 1.29 is 9.30 Å². The summed E-state index contributed by atoms with van der Waals surface area (Å²) in [4.78, 5) is 4.34. The van der Waals surface area contributed by atoms with Gasteiger partial charge in [-0.15, -0.1) is 0 Å². The van der Waals surface area contributed by atoms with Crippen molar-refractivity contribution in [1.82, 2.24) is 9.47 Å². The summed E-state index contributed by atoms with van der Waals surface area (Å²) in [5, 5.41) is 2.45. The van der Waals surface area contributed by atoms with Gasteiger partial charge in [-0.25, -0.2) is 4.57 Å². The zero-order chi connectivity index (χ0) is 22.4. The second kappa shape index (κ2) is 7.71. The Kier molecular flexibility index (Phi) is 4.54. The zero-order valence-electron chi connectivity index (χ0n) is 18.7. The molecule has 5 aromatic rings. The summed E-state index contributed by atoms with van der Waals surface area (Å²) in [5.41, 5.74) is 4.55. The average Bonchev–Trinajstić information content (AvgIpc) is 3.40. The Morgan fingerprint density at radius 2 is 1.52 bits per heavy atom. The molecule has 0 fully saturated rings. The van der Waals surface area contributed by atoms with E-state index in [0.29, 0.717) is 0 Å². The standard InChI is InChI=1S/C28H25N4O/c1-29-14-15-31(20-29)22-16-24(19-30(2)18-22)33-23-12-13-26-25-10-6-7-11-27(25)32(28(26)17-23)21-8-4-3-5-9-21/h3-19H,20H2,1-2H3/q+1. The van der Waals surface area contributed by atoms with E-state index in [-0.39, 0.29) is 0 Å². The van der Waals surface area contributed by atoms with Crippen LogP contribution < -0.4 is 14.2 Å². The number of ether oxygens (including phenoxy) is 1. The highest BCUT2D eigenvalue weighted by molar-refractivity contribution is 6.09. The number of anilines is 1. The summed E-state index contributed by atoms with van der Waals surface area (Å²) < 4.78 is 10.7. The van der Waals surface area contributed by atoms with Gasteiger partial charge in [-0.2, -0.15) is 0 Å². The van der Waals surface area contributed by atoms with E-state index in [2.05, 4.69) is 113 Å². The molecular formula is C28H25N4O+. The second-order valence-electron chi connectivity index (χ2n) is 8.53. The van der Waals surface area contributed by atoms with Gasteiger partial charge in [-0.05, 0) is 30.3 Å². The zero-order valence-corrected chi connectivity index (χ0v) is 18.7. The minimum atomic E-state index is 0.805. The lowest BCUT2D eigenvalue weighted by Crippen LogP contribution is -2.30. The van der Waals surface area contributed by atoms with Crippen LogP contribution in [0.2, 0.25) is 0 Å². The molecule has 0 radical (unpaired) electrons. The van der Waals surface area contributed by atoms with Crippen LogP contribution in [0.3, 0.4) is 0 Å². The SMILES string of the molecule is CN1C=CN(c2cc(Oc3ccc4c5ccccc5n(-c5ccccc5)c4c3)c[n+](C)c2)C1. The van der Waals surface area contributed by atoms with Crippen LogP contribution in [-0.4, -0.2) is 23.2 Å². The van der Waals surface area contributed by atoms with Gasteiger partial charge in [0.2, 0.25) is 6.20 Å². The Bertz CT molecular complexity index is 1500. The van der Waals surface area contributed by atoms with Crippen molar-refractivity contribution in [3.8, 4) is 17.2 Å². The Hall–Kier alpha value is -4.25. The summed E-state index contributed by atoms with van der Waals surface area (Å²) >= 11 is 0. The number of pyridine rings is 1. The van der Waals surface area contributed by atoms with Crippen molar-refractivity contribution >= 4 is 27.5 Å². The van der Waals surface area contributed by atoms with Crippen LogP contribution in [0, 0.1) is 0 Å². The first-order chi connectivity index (χ1) is 16.2. The molecule has 0 bridgehead atoms. The second-order valence-corrected chi connectivity index (χ2v) is 8.53. The van der Waals surface area contributed by atoms with Crippen LogP contribution in [-0.2, 0) is 7.05 Å². The van der Waals surface area contributed by atoms with Gasteiger partial charge in [0.05, 0.1) is 17.7 Å². The number of rotatable bonds is 4. The van der Waals surface area contributed by atoms with E-state index in [1.165, 1.54) is 16.3 Å². The van der Waals surface area contributed by atoms with Gasteiger partial charge in [-0.1, -0.05) is 36.4 Å². The molecule has 0 unspecified atom stereocenters. The smallest absolute Gasteiger partial charge is 0.211 e. The summed E-state index contributed by atoms with van der Waals surface area (Å²) in [6, 6.07) is 27.5. The third kappa shape index (κ3) is 3.48. The molecule has 0 saturated carbocycles. The predicted molar refractivity (Wildman–Crippen MR) is 133 cm³/mol. The largest absolute Gasteiger partial charge is 0.451 e. The average molecular weight is 434 g/mol. The Balaban J connectivity index is 1.44. The predicted octanol–water partition coefficient (Wildman–Crippen LogP) is 5.58. The lowest BCUT2D eigenvalue weighted by molar-refractivity contribution is -0.671. The minimum Gasteiger partial charge on any atom is -0.451 e. The minimum absolute atomic E-state index is 0.805. The van der Waals surface area contributed by atoms with Crippen molar-refractivity contribution in [3.63, 3.8) is 0 Å². The maximum absolute atomic E-state index is 6.38. The monoisotopic (exact) mass is 433 g/mol. The maximum Gasteiger partial charge on any atom is 0.211 e. The van der Waals surface area contributed by atoms with Crippen LogP contribution in [0.5, 0.6) is 11.5 Å². The van der Waals surface area contributed by atoms with E-state index < -0.39 is 0 Å². The molecule has 6 rings (SSSR count). The lowest BCUT2D eigenvalue weighted by Gasteiger charge is -2.17. The van der Waals surface area contributed by atoms with Crippen LogP contribution in [0.4, 0.5) is 5.69 Å². The highest BCUT2D eigenvalue weighted by Gasteiger charge is 2.17. The third-order valence-electron chi connectivity index (χ3n) is 6.06. The van der Waals surface area contributed by atoms with E-state index in [9.17, 15) is 0 Å². The number of benzene rings is 3. The number of aromatic nitrogens is 2. The summed E-state index contributed by atoms with van der Waals surface area (Å²) in [6.45, 7) is 0.826. The van der Waals surface area contributed by atoms with Crippen LogP contribution in [0.15, 0.2) is 104 Å². The molecule has 5 heteroatoms. The molecule has 0 atom stereocenters. The number of fused-ring (bicyclic) bond motifs is 3. The molecule has 33 heavy (non-hydrogen) atoms. The molecule has 3 aromatic carbocycles. The van der Waals surface area contributed by atoms with E-state index in [0.717, 1.165) is 35.1 Å². The molecule has 1 aliphatic heterocycles. The molecule has 0 spiro atoms. The number of hydrogen-bond donors (Lipinski definition) is 0. The van der Waals surface area contributed by atoms with Crippen LogP contribution in [0.1, 0.15) is 0 Å². The van der Waals surface area contributed by atoms with E-state index in [4.69, 9.17) is 4.74 Å². The first-order valence-corrected chi connectivity index (χ1v) is 11.1. The highest BCUT2D eigenvalue weighted by Crippen LogP contribution is 2.35. The lowest BCUT2D eigenvalue weighted by atomic mass is 10.1. The normalized spacial score (nSPS) is 13.4. The molecule has 2 aromatic heterocycles. The quantitative estimate of drug-likeness (QED) is 0.346. The molecule has 0 saturated heterocycles. The number of para-hydroxylation sites is 2. The van der Waals surface area contributed by atoms with Gasteiger partial charge >= 0.3 is 0 Å². The van der Waals surface area contributed by atoms with Gasteiger partial charge in [0.1, 0.15) is 18.5 Å². The van der Waals surface area contributed by atoms with Crippen molar-refractivity contribution in [2.75, 3.05) is 18.6 Å². The first kappa shape index (κ1) is 19.4. The van der Waals surface area contributed by atoms with Crippen molar-refractivity contribution in [3.05, 3.63) is 104 Å². The molecule has 0 amide bonds. The van der Waals surface area contributed by atoms with Gasteiger partial charge in [-0.3, -0.25) is 0 Å². The summed E-state index contributed by atoms with van der Waals surface area (Å²) in [6.07, 6.45) is 8.27. The molecule has 0 aliphatic carbocycles. The molecular weight excluding hydrogens is 408 g/mol. The Morgan fingerprint density at radius 1 is 0.727 bits per heavy atom. The summed E-state index contributed by atoms with van der Waals surface area (Å²) in [7, 11) is 4.09. The molecule has 5 nitrogen and oxygen atoms in total. The van der Waals surface area contributed by atoms with Gasteiger partial charge in [0.15, 0.2) is 11.9 Å². The van der Waals surface area contributed by atoms with Gasteiger partial charge in [0.25, 0.3) is 0 Å². The molecule has 1 aliphatic rings. The number of aryl methyl sites for hydroxylation is 1. The van der Waals surface area contributed by atoms with Crippen LogP contribution in [0.25, 0.3) is 27.5 Å². The molecule has 0 N–H and O–H groups in total. The van der Waals surface area contributed by atoms with E-state index >= 15 is 0 Å². The number of nitrogens with zero attached hydrogens (tertiary/aromatic N) is 4. The number of hydrogen-bond acceptors (Lipinski definition) is 3. The first-order valence-electron chi connectivity index (χ1n) is 11.1. The van der Waals surface area contributed by atoms with Gasteiger partial charge < -0.3 is 19.1 Å². The third-order valence-corrected chi connectivity index (χ3v) is 6.06. The fourth-order valence-electron chi connectivity index (χ4n) is 4.58. The van der Waals surface area contributed by atoms with E-state index in [1.807, 2.05) is 23.9 Å². The molecule has 162 valence electrons. The van der Waals surface area contributed by atoms with Crippen molar-refractivity contribution in [2.45, 2.75) is 0 Å². The highest BCUT2D eigenvalue weighted by atomic mass is 16.5. The van der Waals surface area contributed by atoms with E-state index in [1.54, 1.807) is 0 Å². The van der Waals surface area contributed by atoms with Crippen molar-refractivity contribution in [1.29, 1.82) is 0 Å². The maximum atomic E-state index is 6.38. The molecule has 3 heterocycles. The Morgan fingerprint density at radius 3 is 2.33 bits per heavy atom. The van der Waals surface area contributed by atoms with Gasteiger partial charge in [0, 0.05) is 48.0 Å². The Labute approximate surface area is 193 Å². The fourth-order valence-corrected chi connectivity index (χ4v) is 4.58. The summed E-state index contributed by atoms with van der Waals surface area (Å²) in [5.74, 6) is 1.62. The topological polar surface area (TPSA) is 24.5 Å². The van der Waals surface area contributed by atoms with Crippen molar-refractivity contribution in [2.24, 2.45) is 7.05 Å². The van der Waals surface area contributed by atoms with Crippen LogP contribution >= 0.6 is 0 Å². The fraction of sp³-hybridized carbons (Fsp3) is 0.107.